The van der Waals surface area contributed by atoms with E-state index in [4.69, 9.17) is 4.74 Å². The molecule has 0 saturated carbocycles. The predicted octanol–water partition coefficient (Wildman–Crippen LogP) is 5.43. The summed E-state index contributed by atoms with van der Waals surface area (Å²) in [7, 11) is 0. The molecule has 5 heteroatoms. The molecule has 2 aromatic carbocycles. The summed E-state index contributed by atoms with van der Waals surface area (Å²) in [5.74, 6) is -0.286. The normalized spacial score (nSPS) is 11.1. The van der Waals surface area contributed by atoms with Gasteiger partial charge in [-0.2, -0.15) is 5.10 Å². The van der Waals surface area contributed by atoms with Crippen LogP contribution in [0.4, 0.5) is 0 Å². The molecule has 0 aliphatic heterocycles. The molecule has 0 unspecified atom stereocenters. The van der Waals surface area contributed by atoms with Crippen LogP contribution in [0.5, 0.6) is 0 Å². The van der Waals surface area contributed by atoms with E-state index in [1.165, 1.54) is 22.5 Å². The van der Waals surface area contributed by atoms with Crippen LogP contribution in [-0.2, 0) is 17.9 Å². The summed E-state index contributed by atoms with van der Waals surface area (Å²) in [5, 5.41) is 5.66. The molecule has 4 aromatic rings. The highest BCUT2D eigenvalue weighted by molar-refractivity contribution is 7.20. The number of carbonyl (C=O) groups is 1. The van der Waals surface area contributed by atoms with Crippen LogP contribution in [0.15, 0.2) is 54.6 Å². The lowest BCUT2D eigenvalue weighted by molar-refractivity contribution is 0.0478. The first-order chi connectivity index (χ1) is 13.5. The zero-order chi connectivity index (χ0) is 19.7. The first-order valence-corrected chi connectivity index (χ1v) is 10.1. The highest BCUT2D eigenvalue weighted by atomic mass is 32.1. The number of ether oxygens (including phenoxy) is 1. The molecule has 4 rings (SSSR count). The van der Waals surface area contributed by atoms with Gasteiger partial charge < -0.3 is 4.74 Å². The fourth-order valence-electron chi connectivity index (χ4n) is 3.17. The molecular weight excluding hydrogens is 368 g/mol. The molecular formula is C23H22N2O2S. The maximum Gasteiger partial charge on any atom is 0.348 e. The largest absolute Gasteiger partial charge is 0.457 e. The zero-order valence-corrected chi connectivity index (χ0v) is 17.0. The van der Waals surface area contributed by atoms with Crippen molar-refractivity contribution in [2.24, 2.45) is 0 Å². The number of fused-ring (bicyclic) bond motifs is 1. The van der Waals surface area contributed by atoms with Gasteiger partial charge in [0.1, 0.15) is 16.3 Å². The Labute approximate surface area is 168 Å². The van der Waals surface area contributed by atoms with E-state index in [9.17, 15) is 4.79 Å². The second-order valence-corrected chi connectivity index (χ2v) is 8.09. The van der Waals surface area contributed by atoms with Crippen molar-refractivity contribution in [1.82, 2.24) is 9.78 Å². The second kappa shape index (κ2) is 7.60. The number of esters is 1. The Morgan fingerprint density at radius 2 is 1.82 bits per heavy atom. The highest BCUT2D eigenvalue weighted by Crippen LogP contribution is 2.29. The minimum absolute atomic E-state index is 0.286. The topological polar surface area (TPSA) is 44.1 Å². The van der Waals surface area contributed by atoms with Gasteiger partial charge in [0, 0.05) is 5.39 Å². The highest BCUT2D eigenvalue weighted by Gasteiger charge is 2.18. The molecule has 0 bridgehead atoms. The van der Waals surface area contributed by atoms with Gasteiger partial charge in [0.25, 0.3) is 0 Å². The lowest BCUT2D eigenvalue weighted by Gasteiger charge is -2.06. The van der Waals surface area contributed by atoms with Crippen LogP contribution in [0.2, 0.25) is 0 Å². The molecule has 28 heavy (non-hydrogen) atoms. The standard InChI is InChI=1S/C23H22N2O2S/c1-15-8-10-18(11-9-15)13-25-22-20(17(3)24-25)12-21(28-22)23(26)27-14-19-7-5-4-6-16(19)2/h4-12H,13-14H2,1-3H3. The summed E-state index contributed by atoms with van der Waals surface area (Å²) in [5.41, 5.74) is 5.50. The van der Waals surface area contributed by atoms with Gasteiger partial charge in [-0.1, -0.05) is 54.1 Å². The summed E-state index contributed by atoms with van der Waals surface area (Å²) < 4.78 is 7.52. The summed E-state index contributed by atoms with van der Waals surface area (Å²) in [6, 6.07) is 18.3. The molecule has 142 valence electrons. The molecule has 4 nitrogen and oxygen atoms in total. The molecule has 0 spiro atoms. The SMILES string of the molecule is Cc1ccc(Cn2nc(C)c3cc(C(=O)OCc4ccccc4C)sc32)cc1. The number of benzene rings is 2. The molecule has 0 saturated heterocycles. The Kier molecular flexibility index (Phi) is 5.01. The maximum absolute atomic E-state index is 12.6. The van der Waals surface area contributed by atoms with Gasteiger partial charge in [0.15, 0.2) is 0 Å². The number of aromatic nitrogens is 2. The molecule has 0 aliphatic rings. The van der Waals surface area contributed by atoms with Crippen molar-refractivity contribution in [3.8, 4) is 0 Å². The Morgan fingerprint density at radius 3 is 2.57 bits per heavy atom. The van der Waals surface area contributed by atoms with Crippen molar-refractivity contribution in [3.63, 3.8) is 0 Å². The van der Waals surface area contributed by atoms with E-state index in [-0.39, 0.29) is 12.6 Å². The maximum atomic E-state index is 12.6. The van der Waals surface area contributed by atoms with Crippen molar-refractivity contribution in [1.29, 1.82) is 0 Å². The van der Waals surface area contributed by atoms with Crippen LogP contribution >= 0.6 is 11.3 Å². The van der Waals surface area contributed by atoms with E-state index in [1.54, 1.807) is 0 Å². The molecule has 0 N–H and O–H groups in total. The van der Waals surface area contributed by atoms with E-state index in [0.717, 1.165) is 27.0 Å². The molecule has 0 radical (unpaired) electrons. The third kappa shape index (κ3) is 3.71. The van der Waals surface area contributed by atoms with Gasteiger partial charge in [-0.25, -0.2) is 4.79 Å². The average Bonchev–Trinajstić information content (AvgIpc) is 3.24. The van der Waals surface area contributed by atoms with Gasteiger partial charge in [-0.05, 0) is 43.5 Å². The molecule has 0 fully saturated rings. The number of carbonyl (C=O) groups excluding carboxylic acids is 1. The van der Waals surface area contributed by atoms with E-state index in [2.05, 4.69) is 36.3 Å². The van der Waals surface area contributed by atoms with Crippen LogP contribution in [0.1, 0.15) is 37.6 Å². The van der Waals surface area contributed by atoms with Gasteiger partial charge in [-0.3, -0.25) is 4.68 Å². The summed E-state index contributed by atoms with van der Waals surface area (Å²) in [4.78, 5) is 14.2. The van der Waals surface area contributed by atoms with Gasteiger partial charge >= 0.3 is 5.97 Å². The van der Waals surface area contributed by atoms with Crippen molar-refractivity contribution in [2.45, 2.75) is 33.9 Å². The number of aryl methyl sites for hydroxylation is 3. The van der Waals surface area contributed by atoms with E-state index < -0.39 is 0 Å². The Balaban J connectivity index is 1.55. The van der Waals surface area contributed by atoms with Crippen molar-refractivity contribution in [3.05, 3.63) is 87.4 Å². The third-order valence-corrected chi connectivity index (χ3v) is 6.01. The van der Waals surface area contributed by atoms with E-state index >= 15 is 0 Å². The third-order valence-electron chi connectivity index (χ3n) is 4.88. The smallest absolute Gasteiger partial charge is 0.348 e. The predicted molar refractivity (Wildman–Crippen MR) is 113 cm³/mol. The summed E-state index contributed by atoms with van der Waals surface area (Å²) in [6.45, 7) is 7.04. The molecule has 0 amide bonds. The average molecular weight is 391 g/mol. The number of thiophene rings is 1. The van der Waals surface area contributed by atoms with Crippen LogP contribution < -0.4 is 0 Å². The fraction of sp³-hybridized carbons (Fsp3) is 0.217. The molecule has 2 heterocycles. The van der Waals surface area contributed by atoms with Crippen LogP contribution in [0.25, 0.3) is 10.2 Å². The Bertz CT molecular complexity index is 1140. The first kappa shape index (κ1) is 18.4. The van der Waals surface area contributed by atoms with E-state index in [1.807, 2.05) is 48.9 Å². The molecule has 0 atom stereocenters. The van der Waals surface area contributed by atoms with Crippen LogP contribution in [-0.4, -0.2) is 15.7 Å². The number of rotatable bonds is 5. The van der Waals surface area contributed by atoms with Crippen molar-refractivity contribution in [2.75, 3.05) is 0 Å². The number of nitrogens with zero attached hydrogens (tertiary/aromatic N) is 2. The second-order valence-electron chi connectivity index (χ2n) is 7.06. The quantitative estimate of drug-likeness (QED) is 0.427. The minimum Gasteiger partial charge on any atom is -0.457 e. The van der Waals surface area contributed by atoms with Crippen LogP contribution in [0.3, 0.4) is 0 Å². The summed E-state index contributed by atoms with van der Waals surface area (Å²) >= 11 is 1.44. The van der Waals surface area contributed by atoms with Crippen LogP contribution in [0, 0.1) is 20.8 Å². The summed E-state index contributed by atoms with van der Waals surface area (Å²) in [6.07, 6.45) is 0. The van der Waals surface area contributed by atoms with Crippen molar-refractivity contribution >= 4 is 27.5 Å². The first-order valence-electron chi connectivity index (χ1n) is 9.25. The van der Waals surface area contributed by atoms with Gasteiger partial charge in [0.2, 0.25) is 0 Å². The van der Waals surface area contributed by atoms with Gasteiger partial charge in [0.05, 0.1) is 12.2 Å². The Morgan fingerprint density at radius 1 is 1.07 bits per heavy atom. The number of hydrogen-bond acceptors (Lipinski definition) is 4. The van der Waals surface area contributed by atoms with Gasteiger partial charge in [-0.15, -0.1) is 11.3 Å². The lowest BCUT2D eigenvalue weighted by Crippen LogP contribution is -2.04. The minimum atomic E-state index is -0.286. The van der Waals surface area contributed by atoms with E-state index in [0.29, 0.717) is 11.4 Å². The van der Waals surface area contributed by atoms with Crippen molar-refractivity contribution < 1.29 is 9.53 Å². The molecule has 0 aliphatic carbocycles. The fourth-order valence-corrected chi connectivity index (χ4v) is 4.23. The zero-order valence-electron chi connectivity index (χ0n) is 16.2. The number of hydrogen-bond donors (Lipinski definition) is 0. The monoisotopic (exact) mass is 390 g/mol. The lowest BCUT2D eigenvalue weighted by atomic mass is 10.1. The Hall–Kier alpha value is -2.92. The molecule has 2 aromatic heterocycles.